The number of nitrogens with one attached hydrogen (secondary N) is 2. The molecule has 0 saturated carbocycles. The van der Waals surface area contributed by atoms with Crippen LogP contribution in [0.2, 0.25) is 0 Å². The fourth-order valence-electron chi connectivity index (χ4n) is 4.11. The molecule has 1 amide bonds. The van der Waals surface area contributed by atoms with Crippen molar-refractivity contribution in [3.63, 3.8) is 0 Å². The monoisotopic (exact) mass is 516 g/mol. The summed E-state index contributed by atoms with van der Waals surface area (Å²) >= 11 is 1.42. The molecular weight excluding hydrogens is 479 g/mol. The molecule has 0 unspecified atom stereocenters. The largest absolute Gasteiger partial charge is 0.364 e. The van der Waals surface area contributed by atoms with Crippen molar-refractivity contribution in [1.82, 2.24) is 29.7 Å². The van der Waals surface area contributed by atoms with Crippen LogP contribution >= 0.6 is 11.3 Å². The molecule has 1 fully saturated rings. The molecule has 1 aliphatic rings. The second-order valence-corrected chi connectivity index (χ2v) is 11.4. The van der Waals surface area contributed by atoms with Gasteiger partial charge in [0.25, 0.3) is 0 Å². The number of benzene rings is 1. The van der Waals surface area contributed by atoms with Crippen molar-refractivity contribution in [1.29, 1.82) is 0 Å². The van der Waals surface area contributed by atoms with E-state index in [9.17, 15) is 9.18 Å². The van der Waals surface area contributed by atoms with Crippen molar-refractivity contribution in [3.05, 3.63) is 30.1 Å². The van der Waals surface area contributed by atoms with Crippen LogP contribution in [-0.2, 0) is 4.79 Å². The molecule has 4 rings (SSSR count). The highest BCUT2D eigenvalue weighted by Gasteiger charge is 2.23. The van der Waals surface area contributed by atoms with Crippen molar-refractivity contribution in [3.8, 4) is 11.3 Å². The summed E-state index contributed by atoms with van der Waals surface area (Å²) in [4.78, 5) is 24.7. The highest BCUT2D eigenvalue weighted by Crippen LogP contribution is 2.34. The number of hydrogen-bond donors (Lipinski definition) is 2. The molecule has 1 aliphatic heterocycles. The van der Waals surface area contributed by atoms with Crippen LogP contribution in [0.15, 0.2) is 24.3 Å². The number of imidazole rings is 1. The first kappa shape index (κ1) is 26.3. The third kappa shape index (κ3) is 6.71. The molecule has 11 heteroatoms. The molecule has 0 radical (unpaired) electrons. The predicted octanol–water partition coefficient (Wildman–Crippen LogP) is 3.00. The number of carbonyl (C=O) groups is 1. The standard InChI is InChI=1S/C25H37FN8OS/c1-25(2,3)29-22-21(18-7-9-19(26)10-8-18)28-23-34(22)30-24(36-23)32(5)17-20(35)27-11-6-12-33-15-13-31(4)14-16-33/h7-10,29H,6,11-17H2,1-5H3,(H,27,35). The van der Waals surface area contributed by atoms with Gasteiger partial charge in [-0.25, -0.2) is 9.37 Å². The first-order valence-electron chi connectivity index (χ1n) is 12.4. The van der Waals surface area contributed by atoms with Crippen LogP contribution in [0, 0.1) is 5.82 Å². The van der Waals surface area contributed by atoms with E-state index >= 15 is 0 Å². The minimum atomic E-state index is -0.287. The van der Waals surface area contributed by atoms with Gasteiger partial charge in [0.15, 0.2) is 5.82 Å². The number of aromatic nitrogens is 3. The highest BCUT2D eigenvalue weighted by atomic mass is 32.1. The van der Waals surface area contributed by atoms with Gasteiger partial charge in [-0.05, 0) is 65.0 Å². The van der Waals surface area contributed by atoms with Gasteiger partial charge in [-0.15, -0.1) is 5.10 Å². The van der Waals surface area contributed by atoms with Crippen LogP contribution < -0.4 is 15.5 Å². The van der Waals surface area contributed by atoms with Gasteiger partial charge in [-0.1, -0.05) is 11.3 Å². The van der Waals surface area contributed by atoms with E-state index in [2.05, 4.69) is 48.3 Å². The summed E-state index contributed by atoms with van der Waals surface area (Å²) < 4.78 is 15.2. The summed E-state index contributed by atoms with van der Waals surface area (Å²) in [5, 5.41) is 12.0. The lowest BCUT2D eigenvalue weighted by atomic mass is 10.1. The molecule has 2 aromatic heterocycles. The van der Waals surface area contributed by atoms with Gasteiger partial charge in [-0.2, -0.15) is 4.52 Å². The number of carbonyl (C=O) groups excluding carboxylic acids is 1. The Morgan fingerprint density at radius 1 is 1.17 bits per heavy atom. The Morgan fingerprint density at radius 2 is 1.86 bits per heavy atom. The second-order valence-electron chi connectivity index (χ2n) is 10.5. The Kier molecular flexibility index (Phi) is 8.11. The fraction of sp³-hybridized carbons (Fsp3) is 0.560. The van der Waals surface area contributed by atoms with E-state index in [1.54, 1.807) is 16.6 Å². The summed E-state index contributed by atoms with van der Waals surface area (Å²) in [5.41, 5.74) is 1.30. The molecule has 9 nitrogen and oxygen atoms in total. The number of anilines is 2. The topological polar surface area (TPSA) is 81.0 Å². The number of rotatable bonds is 9. The zero-order chi connectivity index (χ0) is 25.9. The lowest BCUT2D eigenvalue weighted by Crippen LogP contribution is -2.45. The zero-order valence-corrected chi connectivity index (χ0v) is 22.7. The van der Waals surface area contributed by atoms with Crippen molar-refractivity contribution < 1.29 is 9.18 Å². The normalized spacial score (nSPS) is 15.4. The van der Waals surface area contributed by atoms with Gasteiger partial charge < -0.3 is 25.3 Å². The summed E-state index contributed by atoms with van der Waals surface area (Å²) in [6.45, 7) is 12.5. The minimum Gasteiger partial charge on any atom is -0.364 e. The first-order valence-corrected chi connectivity index (χ1v) is 13.2. The Hall–Kier alpha value is -2.76. The summed E-state index contributed by atoms with van der Waals surface area (Å²) in [5.74, 6) is 0.432. The number of nitrogens with zero attached hydrogens (tertiary/aromatic N) is 6. The van der Waals surface area contributed by atoms with Crippen molar-refractivity contribution in [2.24, 2.45) is 0 Å². The molecular formula is C25H37FN8OS. The van der Waals surface area contributed by atoms with Gasteiger partial charge in [0.2, 0.25) is 16.0 Å². The van der Waals surface area contributed by atoms with E-state index in [0.29, 0.717) is 16.6 Å². The van der Waals surface area contributed by atoms with Gasteiger partial charge in [0.05, 0.1) is 6.54 Å². The Bertz CT molecular complexity index is 1160. The molecule has 0 bridgehead atoms. The van der Waals surface area contributed by atoms with Gasteiger partial charge >= 0.3 is 0 Å². The first-order chi connectivity index (χ1) is 17.1. The SMILES string of the molecule is CN1CCN(CCCNC(=O)CN(C)c2nn3c(NC(C)(C)C)c(-c4ccc(F)cc4)nc3s2)CC1. The number of fused-ring (bicyclic) bond motifs is 1. The molecule has 3 heterocycles. The van der Waals surface area contributed by atoms with E-state index in [-0.39, 0.29) is 23.8 Å². The Labute approximate surface area is 216 Å². The van der Waals surface area contributed by atoms with Crippen LogP contribution in [0.3, 0.4) is 0 Å². The number of amides is 1. The number of likely N-dealkylation sites (N-methyl/N-ethyl adjacent to an activating group) is 2. The van der Waals surface area contributed by atoms with E-state index in [4.69, 9.17) is 10.1 Å². The Morgan fingerprint density at radius 3 is 2.53 bits per heavy atom. The second kappa shape index (κ2) is 11.1. The summed E-state index contributed by atoms with van der Waals surface area (Å²) in [6, 6.07) is 6.30. The average Bonchev–Trinajstić information content (AvgIpc) is 3.37. The molecule has 3 aromatic rings. The van der Waals surface area contributed by atoms with Gasteiger partial charge in [-0.3, -0.25) is 4.79 Å². The smallest absolute Gasteiger partial charge is 0.239 e. The molecule has 0 aliphatic carbocycles. The van der Waals surface area contributed by atoms with E-state index in [1.807, 2.05) is 11.9 Å². The Balaban J connectivity index is 1.38. The third-order valence-electron chi connectivity index (χ3n) is 6.08. The van der Waals surface area contributed by atoms with Crippen LogP contribution in [0.4, 0.5) is 15.3 Å². The number of hydrogen-bond acceptors (Lipinski definition) is 8. The molecule has 1 aromatic carbocycles. The fourth-order valence-corrected chi connectivity index (χ4v) is 4.97. The summed E-state index contributed by atoms with van der Waals surface area (Å²) in [7, 11) is 4.01. The highest BCUT2D eigenvalue weighted by molar-refractivity contribution is 7.20. The molecule has 0 spiro atoms. The van der Waals surface area contributed by atoms with E-state index < -0.39 is 0 Å². The average molecular weight is 517 g/mol. The van der Waals surface area contributed by atoms with Gasteiger partial charge in [0.1, 0.15) is 11.5 Å². The predicted molar refractivity (Wildman–Crippen MR) is 144 cm³/mol. The molecule has 2 N–H and O–H groups in total. The van der Waals surface area contributed by atoms with Crippen molar-refractivity contribution in [2.75, 3.05) is 70.1 Å². The lowest BCUT2D eigenvalue weighted by molar-refractivity contribution is -0.119. The van der Waals surface area contributed by atoms with Crippen molar-refractivity contribution >= 4 is 33.2 Å². The molecule has 36 heavy (non-hydrogen) atoms. The van der Waals surface area contributed by atoms with E-state index in [1.165, 1.54) is 23.5 Å². The maximum absolute atomic E-state index is 13.5. The third-order valence-corrected chi connectivity index (χ3v) is 7.10. The van der Waals surface area contributed by atoms with Crippen molar-refractivity contribution in [2.45, 2.75) is 32.7 Å². The van der Waals surface area contributed by atoms with Crippen LogP contribution in [0.1, 0.15) is 27.2 Å². The zero-order valence-electron chi connectivity index (χ0n) is 21.8. The maximum atomic E-state index is 13.5. The number of halogens is 1. The maximum Gasteiger partial charge on any atom is 0.239 e. The molecule has 196 valence electrons. The van der Waals surface area contributed by atoms with E-state index in [0.717, 1.165) is 56.2 Å². The van der Waals surface area contributed by atoms with Crippen LogP contribution in [-0.4, -0.2) is 95.8 Å². The lowest BCUT2D eigenvalue weighted by Gasteiger charge is -2.32. The molecule has 0 atom stereocenters. The van der Waals surface area contributed by atoms with Crippen LogP contribution in [0.25, 0.3) is 16.2 Å². The van der Waals surface area contributed by atoms with Crippen LogP contribution in [0.5, 0.6) is 0 Å². The van der Waals surface area contributed by atoms with Gasteiger partial charge in [0, 0.05) is 50.9 Å². The molecule has 1 saturated heterocycles. The summed E-state index contributed by atoms with van der Waals surface area (Å²) in [6.07, 6.45) is 0.943. The quantitative estimate of drug-likeness (QED) is 0.423. The number of piperazine rings is 1. The minimum absolute atomic E-state index is 0.0243.